The Labute approximate surface area is 106 Å². The maximum atomic E-state index is 6.76. The molecule has 90 valence electrons. The van der Waals surface area contributed by atoms with Gasteiger partial charge in [-0.05, 0) is 35.2 Å². The minimum absolute atomic E-state index is 1.11. The van der Waals surface area contributed by atoms with Crippen LogP contribution < -0.4 is 5.19 Å². The normalized spacial score (nSPS) is 14.8. The first-order valence-corrected chi connectivity index (χ1v) is 10.1. The highest BCUT2D eigenvalue weighted by atomic mass is 35.6. The third kappa shape index (κ3) is 3.36. The molecule has 0 nitrogen and oxygen atoms in total. The van der Waals surface area contributed by atoms with Gasteiger partial charge in [0, 0.05) is 0 Å². The lowest BCUT2D eigenvalue weighted by Gasteiger charge is -2.21. The van der Waals surface area contributed by atoms with Gasteiger partial charge >= 0.3 is 0 Å². The van der Waals surface area contributed by atoms with Crippen LogP contribution >= 0.6 is 11.1 Å². The number of hydrogen-bond acceptors (Lipinski definition) is 0. The Hall–Kier alpha value is -0.273. The summed E-state index contributed by atoms with van der Waals surface area (Å²) in [5.41, 5.74) is 2.87. The molecule has 0 heterocycles. The summed E-state index contributed by atoms with van der Waals surface area (Å²) in [6, 6.07) is 8.14. The molecule has 16 heavy (non-hydrogen) atoms. The van der Waals surface area contributed by atoms with Gasteiger partial charge in [0.15, 0.2) is 7.38 Å². The first kappa shape index (κ1) is 13.8. The van der Waals surface area contributed by atoms with Crippen LogP contribution in [0.5, 0.6) is 0 Å². The third-order valence-corrected chi connectivity index (χ3v) is 7.34. The van der Waals surface area contributed by atoms with E-state index >= 15 is 0 Å². The van der Waals surface area contributed by atoms with E-state index in [1.165, 1.54) is 28.8 Å². The van der Waals surface area contributed by atoms with Crippen LogP contribution in [0, 0.1) is 0 Å². The second-order valence-electron chi connectivity index (χ2n) is 4.69. The molecule has 0 aliphatic heterocycles. The van der Waals surface area contributed by atoms with Gasteiger partial charge in [0.2, 0.25) is 0 Å². The zero-order valence-electron chi connectivity index (χ0n) is 10.9. The summed E-state index contributed by atoms with van der Waals surface area (Å²) in [5.74, 6) is 0. The second-order valence-corrected chi connectivity index (χ2v) is 10.7. The molecular formula is C14H23ClSi. The first-order valence-electron chi connectivity index (χ1n) is 6.35. The Morgan fingerprint density at radius 1 is 1.00 bits per heavy atom. The Morgan fingerprint density at radius 2 is 1.50 bits per heavy atom. The predicted octanol–water partition coefficient (Wildman–Crippen LogP) is 4.24. The summed E-state index contributed by atoms with van der Waals surface area (Å²) in [6.45, 7) is 8.92. The lowest BCUT2D eigenvalue weighted by molar-refractivity contribution is 1.06. The van der Waals surface area contributed by atoms with Crippen molar-refractivity contribution in [2.24, 2.45) is 0 Å². The molecule has 1 aromatic rings. The Bertz CT molecular complexity index is 322. The van der Waals surface area contributed by atoms with Gasteiger partial charge in [0.05, 0.1) is 0 Å². The Balaban J connectivity index is 3.11. The zero-order valence-corrected chi connectivity index (χ0v) is 12.7. The quantitative estimate of drug-likeness (QED) is 0.545. The van der Waals surface area contributed by atoms with Crippen LogP contribution in [-0.4, -0.2) is 7.38 Å². The standard InChI is InChI=1S/C14H23ClSi/c1-5-8-16(4,15)14-10-12(6-2)9-13(7-3)11-14/h9-11H,5-8H2,1-4H3. The summed E-state index contributed by atoms with van der Waals surface area (Å²) in [5, 5.41) is 1.42. The van der Waals surface area contributed by atoms with Crippen molar-refractivity contribution in [2.75, 3.05) is 0 Å². The summed E-state index contributed by atoms with van der Waals surface area (Å²) < 4.78 is 0. The molecule has 1 rings (SSSR count). The number of halogens is 1. The molecule has 0 amide bonds. The molecule has 0 N–H and O–H groups in total. The number of aryl methyl sites for hydroxylation is 2. The monoisotopic (exact) mass is 254 g/mol. The van der Waals surface area contributed by atoms with E-state index in [0.29, 0.717) is 0 Å². The molecule has 0 spiro atoms. The molecule has 1 unspecified atom stereocenters. The minimum Gasteiger partial charge on any atom is -0.161 e. The fourth-order valence-electron chi connectivity index (χ4n) is 2.09. The number of rotatable bonds is 5. The Morgan fingerprint density at radius 3 is 1.88 bits per heavy atom. The van der Waals surface area contributed by atoms with E-state index in [1.54, 1.807) is 0 Å². The first-order chi connectivity index (χ1) is 7.53. The molecule has 0 radical (unpaired) electrons. The van der Waals surface area contributed by atoms with Gasteiger partial charge in [-0.15, -0.1) is 0 Å². The maximum Gasteiger partial charge on any atom is 0.183 e. The van der Waals surface area contributed by atoms with E-state index in [9.17, 15) is 0 Å². The maximum absolute atomic E-state index is 6.76. The average Bonchev–Trinajstić information content (AvgIpc) is 2.28. The van der Waals surface area contributed by atoms with Gasteiger partial charge in [-0.1, -0.05) is 51.9 Å². The summed E-state index contributed by atoms with van der Waals surface area (Å²) in [7, 11) is -1.70. The highest BCUT2D eigenvalue weighted by molar-refractivity contribution is 7.26. The van der Waals surface area contributed by atoms with E-state index in [0.717, 1.165) is 12.8 Å². The molecule has 1 atom stereocenters. The molecule has 0 saturated carbocycles. The van der Waals surface area contributed by atoms with Crippen LogP contribution in [0.15, 0.2) is 18.2 Å². The molecule has 0 aliphatic rings. The van der Waals surface area contributed by atoms with Crippen molar-refractivity contribution >= 4 is 23.6 Å². The van der Waals surface area contributed by atoms with Gasteiger partial charge in [-0.25, -0.2) is 0 Å². The SMILES string of the molecule is CCC[Si](C)(Cl)c1cc(CC)cc(CC)c1. The molecule has 0 bridgehead atoms. The van der Waals surface area contributed by atoms with Crippen LogP contribution in [0.3, 0.4) is 0 Å². The summed E-state index contributed by atoms with van der Waals surface area (Å²) >= 11 is 6.76. The topological polar surface area (TPSA) is 0 Å². The van der Waals surface area contributed by atoms with Crippen LogP contribution in [-0.2, 0) is 12.8 Å². The number of benzene rings is 1. The second kappa shape index (κ2) is 5.88. The van der Waals surface area contributed by atoms with Crippen LogP contribution in [0.1, 0.15) is 38.3 Å². The van der Waals surface area contributed by atoms with E-state index < -0.39 is 7.38 Å². The largest absolute Gasteiger partial charge is 0.183 e. The molecule has 0 aliphatic carbocycles. The lowest BCUT2D eigenvalue weighted by atomic mass is 10.1. The van der Waals surface area contributed by atoms with Crippen LogP contribution in [0.4, 0.5) is 0 Å². The van der Waals surface area contributed by atoms with E-state index in [-0.39, 0.29) is 0 Å². The molecule has 0 fully saturated rings. The van der Waals surface area contributed by atoms with Gasteiger partial charge in [0.1, 0.15) is 0 Å². The van der Waals surface area contributed by atoms with Gasteiger partial charge in [-0.3, -0.25) is 0 Å². The fraction of sp³-hybridized carbons (Fsp3) is 0.571. The van der Waals surface area contributed by atoms with Gasteiger partial charge in [-0.2, -0.15) is 11.1 Å². The smallest absolute Gasteiger partial charge is 0.161 e. The van der Waals surface area contributed by atoms with E-state index in [2.05, 4.69) is 45.5 Å². The van der Waals surface area contributed by atoms with Crippen LogP contribution in [0.25, 0.3) is 0 Å². The molecule has 2 heteroatoms. The van der Waals surface area contributed by atoms with Crippen molar-refractivity contribution in [1.82, 2.24) is 0 Å². The highest BCUT2D eigenvalue weighted by Crippen LogP contribution is 2.19. The molecule has 0 aromatic heterocycles. The summed E-state index contributed by atoms with van der Waals surface area (Å²) in [6.07, 6.45) is 3.40. The Kier molecular flexibility index (Phi) is 5.07. The van der Waals surface area contributed by atoms with E-state index in [4.69, 9.17) is 11.1 Å². The fourth-order valence-corrected chi connectivity index (χ4v) is 5.18. The van der Waals surface area contributed by atoms with Crippen molar-refractivity contribution in [3.05, 3.63) is 29.3 Å². The molecule has 1 aromatic carbocycles. The van der Waals surface area contributed by atoms with E-state index in [1.807, 2.05) is 0 Å². The van der Waals surface area contributed by atoms with Crippen molar-refractivity contribution < 1.29 is 0 Å². The lowest BCUT2D eigenvalue weighted by Crippen LogP contribution is -2.39. The van der Waals surface area contributed by atoms with Gasteiger partial charge in [0.25, 0.3) is 0 Å². The minimum atomic E-state index is -1.70. The predicted molar refractivity (Wildman–Crippen MR) is 77.4 cm³/mol. The molecule has 0 saturated heterocycles. The van der Waals surface area contributed by atoms with Crippen molar-refractivity contribution in [3.8, 4) is 0 Å². The molecular weight excluding hydrogens is 232 g/mol. The van der Waals surface area contributed by atoms with Crippen LogP contribution in [0.2, 0.25) is 12.6 Å². The average molecular weight is 255 g/mol. The van der Waals surface area contributed by atoms with Crippen molar-refractivity contribution in [3.63, 3.8) is 0 Å². The van der Waals surface area contributed by atoms with Crippen molar-refractivity contribution in [2.45, 2.75) is 52.6 Å². The zero-order chi connectivity index (χ0) is 12.2. The van der Waals surface area contributed by atoms with Gasteiger partial charge < -0.3 is 0 Å². The highest BCUT2D eigenvalue weighted by Gasteiger charge is 2.26. The number of hydrogen-bond donors (Lipinski definition) is 0. The van der Waals surface area contributed by atoms with Crippen molar-refractivity contribution in [1.29, 1.82) is 0 Å². The summed E-state index contributed by atoms with van der Waals surface area (Å²) in [4.78, 5) is 0. The third-order valence-electron chi connectivity index (χ3n) is 3.19.